The smallest absolute Gasteiger partial charge is 0.156 e. The first kappa shape index (κ1) is 13.7. The van der Waals surface area contributed by atoms with Crippen molar-refractivity contribution in [3.8, 4) is 22.5 Å². The van der Waals surface area contributed by atoms with Crippen LogP contribution in [-0.4, -0.2) is 14.6 Å². The van der Waals surface area contributed by atoms with Crippen molar-refractivity contribution in [1.29, 1.82) is 0 Å². The zero-order chi connectivity index (χ0) is 15.8. The molecule has 0 amide bonds. The van der Waals surface area contributed by atoms with Gasteiger partial charge in [0.25, 0.3) is 0 Å². The van der Waals surface area contributed by atoms with Crippen molar-refractivity contribution >= 4 is 5.65 Å². The minimum atomic E-state index is 0.874. The van der Waals surface area contributed by atoms with E-state index in [0.29, 0.717) is 0 Å². The molecule has 0 spiro atoms. The summed E-state index contributed by atoms with van der Waals surface area (Å²) in [7, 11) is 0. The van der Waals surface area contributed by atoms with Gasteiger partial charge in [0.2, 0.25) is 0 Å². The molecule has 0 N–H and O–H groups in total. The van der Waals surface area contributed by atoms with Crippen LogP contribution in [0.25, 0.3) is 28.2 Å². The molecule has 0 bridgehead atoms. The van der Waals surface area contributed by atoms with Gasteiger partial charge in [-0.2, -0.15) is 5.10 Å². The van der Waals surface area contributed by atoms with Crippen LogP contribution in [0.4, 0.5) is 0 Å². The highest BCUT2D eigenvalue weighted by atomic mass is 15.3. The molecule has 0 saturated heterocycles. The van der Waals surface area contributed by atoms with E-state index in [9.17, 15) is 0 Å². The van der Waals surface area contributed by atoms with Crippen LogP contribution >= 0.6 is 0 Å². The molecule has 4 rings (SSSR count). The van der Waals surface area contributed by atoms with Crippen LogP contribution < -0.4 is 0 Å². The number of fused-ring (bicyclic) bond motifs is 1. The van der Waals surface area contributed by atoms with Gasteiger partial charge in [-0.05, 0) is 19.9 Å². The molecule has 0 atom stereocenters. The first-order valence-corrected chi connectivity index (χ1v) is 7.70. The Morgan fingerprint density at radius 3 is 2.26 bits per heavy atom. The van der Waals surface area contributed by atoms with Crippen LogP contribution in [0.2, 0.25) is 0 Å². The largest absolute Gasteiger partial charge is 0.228 e. The van der Waals surface area contributed by atoms with E-state index in [2.05, 4.69) is 54.5 Å². The van der Waals surface area contributed by atoms with E-state index in [0.717, 1.165) is 33.9 Å². The molecule has 2 aromatic carbocycles. The van der Waals surface area contributed by atoms with Gasteiger partial charge in [-0.25, -0.2) is 9.50 Å². The molecular formula is C20H17N3. The van der Waals surface area contributed by atoms with Crippen molar-refractivity contribution in [2.24, 2.45) is 0 Å². The number of hydrogen-bond donors (Lipinski definition) is 0. The summed E-state index contributed by atoms with van der Waals surface area (Å²) in [5.41, 5.74) is 7.37. The zero-order valence-corrected chi connectivity index (χ0v) is 13.2. The maximum Gasteiger partial charge on any atom is 0.156 e. The molecule has 4 aromatic rings. The first-order valence-electron chi connectivity index (χ1n) is 7.70. The fourth-order valence-corrected chi connectivity index (χ4v) is 2.78. The monoisotopic (exact) mass is 299 g/mol. The molecule has 0 aliphatic heterocycles. The van der Waals surface area contributed by atoms with Crippen LogP contribution in [0.1, 0.15) is 11.3 Å². The lowest BCUT2D eigenvalue weighted by atomic mass is 10.1. The molecule has 0 radical (unpaired) electrons. The van der Waals surface area contributed by atoms with E-state index in [-0.39, 0.29) is 0 Å². The van der Waals surface area contributed by atoms with Gasteiger partial charge in [0, 0.05) is 17.2 Å². The number of rotatable bonds is 2. The lowest BCUT2D eigenvalue weighted by molar-refractivity contribution is 0.926. The highest BCUT2D eigenvalue weighted by molar-refractivity contribution is 5.71. The second-order valence-electron chi connectivity index (χ2n) is 5.81. The van der Waals surface area contributed by atoms with Crippen LogP contribution in [0.5, 0.6) is 0 Å². The number of nitrogens with zero attached hydrogens (tertiary/aromatic N) is 3. The number of hydrogen-bond acceptors (Lipinski definition) is 2. The van der Waals surface area contributed by atoms with Gasteiger partial charge in [0.05, 0.1) is 17.1 Å². The third kappa shape index (κ3) is 2.50. The van der Waals surface area contributed by atoms with Crippen molar-refractivity contribution in [3.63, 3.8) is 0 Å². The van der Waals surface area contributed by atoms with E-state index >= 15 is 0 Å². The van der Waals surface area contributed by atoms with E-state index in [1.54, 1.807) is 0 Å². The van der Waals surface area contributed by atoms with Crippen molar-refractivity contribution in [2.45, 2.75) is 13.8 Å². The van der Waals surface area contributed by atoms with Gasteiger partial charge in [-0.1, -0.05) is 60.2 Å². The van der Waals surface area contributed by atoms with Gasteiger partial charge < -0.3 is 0 Å². The average molecular weight is 299 g/mol. The predicted molar refractivity (Wildman–Crippen MR) is 93.3 cm³/mol. The number of benzene rings is 2. The Bertz CT molecular complexity index is 967. The lowest BCUT2D eigenvalue weighted by Gasteiger charge is -2.09. The molecule has 3 heteroatoms. The number of aromatic nitrogens is 3. The Labute approximate surface area is 135 Å². The van der Waals surface area contributed by atoms with Crippen LogP contribution in [-0.2, 0) is 0 Å². The average Bonchev–Trinajstić information content (AvgIpc) is 2.95. The highest BCUT2D eigenvalue weighted by Gasteiger charge is 2.11. The second-order valence-corrected chi connectivity index (χ2v) is 5.81. The SMILES string of the molecule is Cc1ccc(-c2cc(-c3ccccc3)n3nc(C)cc3n2)cc1. The number of aryl methyl sites for hydroxylation is 2. The fourth-order valence-electron chi connectivity index (χ4n) is 2.78. The third-order valence-corrected chi connectivity index (χ3v) is 3.97. The molecule has 2 aromatic heterocycles. The Balaban J connectivity index is 1.98. The molecule has 0 aliphatic carbocycles. The normalized spacial score (nSPS) is 11.0. The summed E-state index contributed by atoms with van der Waals surface area (Å²) in [4.78, 5) is 4.78. The summed E-state index contributed by atoms with van der Waals surface area (Å²) in [6, 6.07) is 22.9. The third-order valence-electron chi connectivity index (χ3n) is 3.97. The summed E-state index contributed by atoms with van der Waals surface area (Å²) in [6.07, 6.45) is 0. The van der Waals surface area contributed by atoms with Crippen molar-refractivity contribution < 1.29 is 0 Å². The lowest BCUT2D eigenvalue weighted by Crippen LogP contribution is -1.98. The standard InChI is InChI=1S/C20H17N3/c1-14-8-10-16(11-9-14)18-13-19(17-6-4-3-5-7-17)23-20(21-18)12-15(2)22-23/h3-13H,1-2H3. The summed E-state index contributed by atoms with van der Waals surface area (Å²) in [6.45, 7) is 4.09. The quantitative estimate of drug-likeness (QED) is 0.538. The summed E-state index contributed by atoms with van der Waals surface area (Å²) < 4.78 is 1.92. The topological polar surface area (TPSA) is 30.2 Å². The maximum absolute atomic E-state index is 4.78. The summed E-state index contributed by atoms with van der Waals surface area (Å²) in [5, 5.41) is 4.59. The Morgan fingerprint density at radius 1 is 0.783 bits per heavy atom. The van der Waals surface area contributed by atoms with Crippen LogP contribution in [0.15, 0.2) is 66.7 Å². The molecule has 3 nitrogen and oxygen atoms in total. The van der Waals surface area contributed by atoms with E-state index in [1.807, 2.05) is 35.7 Å². The fraction of sp³-hybridized carbons (Fsp3) is 0.100. The van der Waals surface area contributed by atoms with E-state index in [1.165, 1.54) is 5.56 Å². The van der Waals surface area contributed by atoms with Crippen molar-refractivity contribution in [1.82, 2.24) is 14.6 Å². The van der Waals surface area contributed by atoms with Crippen molar-refractivity contribution in [2.75, 3.05) is 0 Å². The maximum atomic E-state index is 4.78. The molecular weight excluding hydrogens is 282 g/mol. The molecule has 112 valence electrons. The Morgan fingerprint density at radius 2 is 1.52 bits per heavy atom. The van der Waals surface area contributed by atoms with Gasteiger partial charge in [0.15, 0.2) is 5.65 Å². The van der Waals surface area contributed by atoms with Gasteiger partial charge >= 0.3 is 0 Å². The van der Waals surface area contributed by atoms with Gasteiger partial charge in [-0.15, -0.1) is 0 Å². The highest BCUT2D eigenvalue weighted by Crippen LogP contribution is 2.26. The molecule has 2 heterocycles. The Kier molecular flexibility index (Phi) is 3.19. The molecule has 0 unspecified atom stereocenters. The molecule has 23 heavy (non-hydrogen) atoms. The molecule has 0 saturated carbocycles. The summed E-state index contributed by atoms with van der Waals surface area (Å²) in [5.74, 6) is 0. The van der Waals surface area contributed by atoms with E-state index < -0.39 is 0 Å². The predicted octanol–water partition coefficient (Wildman–Crippen LogP) is 4.68. The van der Waals surface area contributed by atoms with Crippen LogP contribution in [0.3, 0.4) is 0 Å². The van der Waals surface area contributed by atoms with Crippen molar-refractivity contribution in [3.05, 3.63) is 78.0 Å². The minimum Gasteiger partial charge on any atom is -0.228 e. The molecule has 0 fully saturated rings. The zero-order valence-electron chi connectivity index (χ0n) is 13.2. The van der Waals surface area contributed by atoms with Gasteiger partial charge in [-0.3, -0.25) is 0 Å². The van der Waals surface area contributed by atoms with Crippen LogP contribution in [0, 0.1) is 13.8 Å². The second kappa shape index (κ2) is 5.36. The minimum absolute atomic E-state index is 0.874. The summed E-state index contributed by atoms with van der Waals surface area (Å²) >= 11 is 0. The Hall–Kier alpha value is -2.94. The van der Waals surface area contributed by atoms with E-state index in [4.69, 9.17) is 4.98 Å². The first-order chi connectivity index (χ1) is 11.2. The van der Waals surface area contributed by atoms with Gasteiger partial charge in [0.1, 0.15) is 0 Å². The molecule has 0 aliphatic rings.